The second kappa shape index (κ2) is 14.7. The van der Waals surface area contributed by atoms with Crippen LogP contribution in [0.5, 0.6) is 5.75 Å². The standard InChI is InChI=1S/C22H30N4O4.C5H12O/c1-18-4-2-9-24(18)10-3-15-30-21-7-5-20(6-8-21)26-17-19(16-23-26)22(29)25(11-13-27)12-14-28;1-5(2,3)6-4/h5-8,13,16-18,28H,2-4,9-12,14-15H2,1H3;1-4H3. The lowest BCUT2D eigenvalue weighted by Crippen LogP contribution is -2.34. The highest BCUT2D eigenvalue weighted by Crippen LogP contribution is 2.18. The van der Waals surface area contributed by atoms with Gasteiger partial charge in [-0.05, 0) is 77.8 Å². The van der Waals surface area contributed by atoms with Crippen LogP contribution in [-0.4, -0.2) is 95.0 Å². The molecule has 1 unspecified atom stereocenters. The number of benzene rings is 1. The summed E-state index contributed by atoms with van der Waals surface area (Å²) in [5, 5.41) is 13.3. The molecule has 1 aliphatic rings. The van der Waals surface area contributed by atoms with Crippen LogP contribution in [0.25, 0.3) is 5.69 Å². The molecule has 1 amide bonds. The van der Waals surface area contributed by atoms with Crippen molar-refractivity contribution in [3.05, 3.63) is 42.2 Å². The van der Waals surface area contributed by atoms with Crippen LogP contribution < -0.4 is 4.74 Å². The highest BCUT2D eigenvalue weighted by molar-refractivity contribution is 5.94. The molecule has 200 valence electrons. The molecule has 0 aliphatic carbocycles. The zero-order chi connectivity index (χ0) is 26.6. The minimum atomic E-state index is -0.338. The zero-order valence-corrected chi connectivity index (χ0v) is 22.4. The Hall–Kier alpha value is -2.75. The van der Waals surface area contributed by atoms with Crippen LogP contribution in [0.1, 0.15) is 57.3 Å². The summed E-state index contributed by atoms with van der Waals surface area (Å²) in [7, 11) is 1.71. The monoisotopic (exact) mass is 502 g/mol. The van der Waals surface area contributed by atoms with E-state index in [1.807, 2.05) is 45.0 Å². The van der Waals surface area contributed by atoms with E-state index in [4.69, 9.17) is 14.6 Å². The first kappa shape index (κ1) is 29.5. The first-order chi connectivity index (χ1) is 17.2. The molecule has 1 aliphatic heterocycles. The molecule has 1 aromatic heterocycles. The van der Waals surface area contributed by atoms with E-state index in [2.05, 4.69) is 16.9 Å². The van der Waals surface area contributed by atoms with E-state index in [1.165, 1.54) is 30.5 Å². The van der Waals surface area contributed by atoms with Gasteiger partial charge < -0.3 is 29.2 Å². The number of aliphatic hydroxyl groups is 1. The van der Waals surface area contributed by atoms with E-state index in [1.54, 1.807) is 18.0 Å². The summed E-state index contributed by atoms with van der Waals surface area (Å²) in [5.41, 5.74) is 1.21. The summed E-state index contributed by atoms with van der Waals surface area (Å²) in [4.78, 5) is 27.0. The number of aldehydes is 1. The number of likely N-dealkylation sites (tertiary alicyclic amines) is 1. The topological polar surface area (TPSA) is 97.1 Å². The molecule has 0 spiro atoms. The Balaban J connectivity index is 0.000000678. The number of ether oxygens (including phenoxy) is 2. The van der Waals surface area contributed by atoms with Crippen LogP contribution in [0, 0.1) is 0 Å². The fourth-order valence-corrected chi connectivity index (χ4v) is 3.72. The quantitative estimate of drug-likeness (QED) is 0.372. The summed E-state index contributed by atoms with van der Waals surface area (Å²) in [6.07, 6.45) is 7.30. The molecule has 0 radical (unpaired) electrons. The van der Waals surface area contributed by atoms with E-state index >= 15 is 0 Å². The maximum atomic E-state index is 12.5. The molecule has 1 atom stereocenters. The minimum Gasteiger partial charge on any atom is -0.494 e. The molecule has 1 saturated heterocycles. The van der Waals surface area contributed by atoms with Crippen molar-refractivity contribution in [1.82, 2.24) is 19.6 Å². The maximum absolute atomic E-state index is 12.5. The molecular weight excluding hydrogens is 460 g/mol. The first-order valence-electron chi connectivity index (χ1n) is 12.6. The molecule has 1 N–H and O–H groups in total. The van der Waals surface area contributed by atoms with E-state index in [0.29, 0.717) is 24.5 Å². The number of methoxy groups -OCH3 is 1. The predicted molar refractivity (Wildman–Crippen MR) is 140 cm³/mol. The number of hydrogen-bond acceptors (Lipinski definition) is 7. The predicted octanol–water partition coefficient (Wildman–Crippen LogP) is 3.19. The number of carbonyl (C=O) groups is 2. The molecular formula is C27H42N4O5. The van der Waals surface area contributed by atoms with Gasteiger partial charge in [-0.2, -0.15) is 5.10 Å². The molecule has 3 rings (SSSR count). The SMILES string of the molecule is CC1CCCN1CCCOc1ccc(-n2cc(C(=O)N(CC=O)CCO)cn2)cc1.COC(C)(C)C. The lowest BCUT2D eigenvalue weighted by molar-refractivity contribution is -0.108. The fourth-order valence-electron chi connectivity index (χ4n) is 3.72. The van der Waals surface area contributed by atoms with Gasteiger partial charge in [0.05, 0.1) is 42.8 Å². The molecule has 2 heterocycles. The number of aromatic nitrogens is 2. The van der Waals surface area contributed by atoms with Crippen molar-refractivity contribution in [3.8, 4) is 11.4 Å². The molecule has 36 heavy (non-hydrogen) atoms. The lowest BCUT2D eigenvalue weighted by Gasteiger charge is -2.20. The van der Waals surface area contributed by atoms with Crippen LogP contribution in [0.4, 0.5) is 0 Å². The third-order valence-corrected chi connectivity index (χ3v) is 6.04. The Morgan fingerprint density at radius 3 is 2.53 bits per heavy atom. The Kier molecular flexibility index (Phi) is 12.1. The molecule has 1 aromatic carbocycles. The van der Waals surface area contributed by atoms with Gasteiger partial charge in [-0.3, -0.25) is 4.79 Å². The van der Waals surface area contributed by atoms with Gasteiger partial charge in [0, 0.05) is 32.4 Å². The van der Waals surface area contributed by atoms with Crippen molar-refractivity contribution in [1.29, 1.82) is 0 Å². The van der Waals surface area contributed by atoms with Gasteiger partial charge in [-0.25, -0.2) is 4.68 Å². The third-order valence-electron chi connectivity index (χ3n) is 6.04. The lowest BCUT2D eigenvalue weighted by atomic mass is 10.2. The molecule has 1 fully saturated rings. The van der Waals surface area contributed by atoms with Crippen molar-refractivity contribution in [3.63, 3.8) is 0 Å². The van der Waals surface area contributed by atoms with Crippen molar-refractivity contribution in [2.75, 3.05) is 46.5 Å². The van der Waals surface area contributed by atoms with Gasteiger partial charge in [0.15, 0.2) is 0 Å². The first-order valence-corrected chi connectivity index (χ1v) is 12.6. The summed E-state index contributed by atoms with van der Waals surface area (Å²) in [6, 6.07) is 8.24. The Morgan fingerprint density at radius 2 is 1.97 bits per heavy atom. The highest BCUT2D eigenvalue weighted by Gasteiger charge is 2.19. The van der Waals surface area contributed by atoms with Crippen molar-refractivity contribution >= 4 is 12.2 Å². The molecule has 2 aromatic rings. The number of aliphatic hydroxyl groups excluding tert-OH is 1. The number of nitrogens with zero attached hydrogens (tertiary/aromatic N) is 4. The van der Waals surface area contributed by atoms with E-state index < -0.39 is 0 Å². The third kappa shape index (κ3) is 9.72. The summed E-state index contributed by atoms with van der Waals surface area (Å²) < 4.78 is 12.4. The normalized spacial score (nSPS) is 15.8. The number of amides is 1. The highest BCUT2D eigenvalue weighted by atomic mass is 16.5. The summed E-state index contributed by atoms with van der Waals surface area (Å²) in [5.74, 6) is 0.464. The van der Waals surface area contributed by atoms with E-state index in [-0.39, 0.29) is 31.2 Å². The largest absolute Gasteiger partial charge is 0.494 e. The smallest absolute Gasteiger partial charge is 0.257 e. The van der Waals surface area contributed by atoms with Crippen molar-refractivity contribution < 1.29 is 24.2 Å². The van der Waals surface area contributed by atoms with Crippen molar-refractivity contribution in [2.24, 2.45) is 0 Å². The average Bonchev–Trinajstić information content (AvgIpc) is 3.51. The van der Waals surface area contributed by atoms with Gasteiger partial charge in [0.1, 0.15) is 12.0 Å². The fraction of sp³-hybridized carbons (Fsp3) is 0.593. The van der Waals surface area contributed by atoms with Crippen LogP contribution in [0.3, 0.4) is 0 Å². The Morgan fingerprint density at radius 1 is 1.28 bits per heavy atom. The van der Waals surface area contributed by atoms with Gasteiger partial charge in [-0.15, -0.1) is 0 Å². The van der Waals surface area contributed by atoms with Crippen LogP contribution in [0.2, 0.25) is 0 Å². The van der Waals surface area contributed by atoms with E-state index in [0.717, 1.165) is 24.4 Å². The summed E-state index contributed by atoms with van der Waals surface area (Å²) >= 11 is 0. The van der Waals surface area contributed by atoms with Gasteiger partial charge in [-0.1, -0.05) is 0 Å². The number of rotatable bonds is 11. The number of hydrogen-bond donors (Lipinski definition) is 1. The molecule has 0 bridgehead atoms. The van der Waals surface area contributed by atoms with E-state index in [9.17, 15) is 9.59 Å². The van der Waals surface area contributed by atoms with Gasteiger partial charge >= 0.3 is 0 Å². The zero-order valence-electron chi connectivity index (χ0n) is 22.4. The maximum Gasteiger partial charge on any atom is 0.257 e. The average molecular weight is 503 g/mol. The minimum absolute atomic E-state index is 0.0417. The second-order valence-corrected chi connectivity index (χ2v) is 9.85. The molecule has 9 heteroatoms. The van der Waals surface area contributed by atoms with Crippen LogP contribution in [0.15, 0.2) is 36.7 Å². The van der Waals surface area contributed by atoms with Crippen LogP contribution in [-0.2, 0) is 9.53 Å². The molecule has 0 saturated carbocycles. The second-order valence-electron chi connectivity index (χ2n) is 9.85. The van der Waals surface area contributed by atoms with Gasteiger partial charge in [0.2, 0.25) is 0 Å². The van der Waals surface area contributed by atoms with Gasteiger partial charge in [0.25, 0.3) is 5.91 Å². The molecule has 9 nitrogen and oxygen atoms in total. The number of carbonyl (C=O) groups excluding carboxylic acids is 2. The van der Waals surface area contributed by atoms with Crippen LogP contribution >= 0.6 is 0 Å². The van der Waals surface area contributed by atoms with Crippen molar-refractivity contribution in [2.45, 2.75) is 58.6 Å². The summed E-state index contributed by atoms with van der Waals surface area (Å²) in [6.45, 7) is 11.1. The Labute approximate surface area is 215 Å². The Bertz CT molecular complexity index is 923.